The molecule has 3 nitrogen and oxygen atoms in total. The Morgan fingerprint density at radius 1 is 1.08 bits per heavy atom. The second-order valence-electron chi connectivity index (χ2n) is 5.83. The standard InChI is InChI=1S/C21H19FN2OSe/c1-15-5-4-7-20(26-17-10-8-16(22)9-11-17)18(15)12-14-24-21(25)19-6-2-3-13-23-19/h2-11,13H,12,14H2,1H3,(H,24,25). The number of aryl methyl sites for hydroxylation is 1. The van der Waals surface area contributed by atoms with E-state index in [1.165, 1.54) is 27.7 Å². The molecule has 1 amide bonds. The van der Waals surface area contributed by atoms with Crippen molar-refractivity contribution in [1.29, 1.82) is 0 Å². The van der Waals surface area contributed by atoms with E-state index in [4.69, 9.17) is 0 Å². The molecule has 1 N–H and O–H groups in total. The number of aromatic nitrogens is 1. The van der Waals surface area contributed by atoms with Gasteiger partial charge in [-0.05, 0) is 0 Å². The number of benzene rings is 2. The maximum absolute atomic E-state index is 13.1. The number of nitrogens with zero attached hydrogens (tertiary/aromatic N) is 1. The van der Waals surface area contributed by atoms with Crippen LogP contribution in [-0.2, 0) is 6.42 Å². The Hall–Kier alpha value is -2.49. The van der Waals surface area contributed by atoms with E-state index in [1.807, 2.05) is 18.2 Å². The van der Waals surface area contributed by atoms with Crippen LogP contribution < -0.4 is 14.2 Å². The summed E-state index contributed by atoms with van der Waals surface area (Å²) >= 11 is 0.0973. The number of pyridine rings is 1. The summed E-state index contributed by atoms with van der Waals surface area (Å²) in [6.45, 7) is 2.63. The van der Waals surface area contributed by atoms with Crippen molar-refractivity contribution >= 4 is 29.8 Å². The second kappa shape index (κ2) is 8.74. The van der Waals surface area contributed by atoms with E-state index in [0.29, 0.717) is 12.2 Å². The van der Waals surface area contributed by atoms with Gasteiger partial charge in [0.2, 0.25) is 0 Å². The molecule has 0 fully saturated rings. The Kier molecular flexibility index (Phi) is 6.16. The Bertz CT molecular complexity index is 882. The molecule has 1 aromatic heterocycles. The van der Waals surface area contributed by atoms with E-state index >= 15 is 0 Å². The fraction of sp³-hybridized carbons (Fsp3) is 0.143. The Morgan fingerprint density at radius 2 is 1.88 bits per heavy atom. The molecule has 0 radical (unpaired) electrons. The van der Waals surface area contributed by atoms with Gasteiger partial charge in [-0.3, -0.25) is 0 Å². The molecular formula is C21H19FN2OSe. The van der Waals surface area contributed by atoms with Crippen molar-refractivity contribution in [2.75, 3.05) is 6.54 Å². The van der Waals surface area contributed by atoms with E-state index in [-0.39, 0.29) is 26.7 Å². The molecule has 0 atom stereocenters. The van der Waals surface area contributed by atoms with Crippen molar-refractivity contribution in [3.8, 4) is 0 Å². The summed E-state index contributed by atoms with van der Waals surface area (Å²) in [4.78, 5) is 16.2. The SMILES string of the molecule is Cc1cccc([Se]c2ccc(F)cc2)c1CCNC(=O)c1ccccn1. The summed E-state index contributed by atoms with van der Waals surface area (Å²) in [6, 6.07) is 18.2. The molecule has 3 rings (SSSR count). The van der Waals surface area contributed by atoms with Crippen LogP contribution in [0.4, 0.5) is 4.39 Å². The number of carbonyl (C=O) groups is 1. The molecule has 0 aliphatic carbocycles. The molecule has 0 spiro atoms. The van der Waals surface area contributed by atoms with Gasteiger partial charge in [-0.15, -0.1) is 0 Å². The summed E-state index contributed by atoms with van der Waals surface area (Å²) in [5.41, 5.74) is 2.88. The molecule has 0 saturated carbocycles. The van der Waals surface area contributed by atoms with Crippen LogP contribution in [-0.4, -0.2) is 32.4 Å². The summed E-state index contributed by atoms with van der Waals surface area (Å²) in [7, 11) is 0. The van der Waals surface area contributed by atoms with Gasteiger partial charge in [-0.1, -0.05) is 0 Å². The molecule has 26 heavy (non-hydrogen) atoms. The second-order valence-corrected chi connectivity index (χ2v) is 8.17. The molecule has 0 bridgehead atoms. The van der Waals surface area contributed by atoms with Gasteiger partial charge >= 0.3 is 159 Å². The first-order valence-corrected chi connectivity index (χ1v) is 10.1. The van der Waals surface area contributed by atoms with Crippen molar-refractivity contribution in [2.45, 2.75) is 13.3 Å². The predicted octanol–water partition coefficient (Wildman–Crippen LogP) is 2.16. The van der Waals surface area contributed by atoms with Crippen LogP contribution in [0.2, 0.25) is 0 Å². The molecule has 3 aromatic rings. The third kappa shape index (κ3) is 4.78. The number of hydrogen-bond donors (Lipinski definition) is 1. The summed E-state index contributed by atoms with van der Waals surface area (Å²) in [6.07, 6.45) is 2.36. The van der Waals surface area contributed by atoms with Gasteiger partial charge in [0.25, 0.3) is 0 Å². The van der Waals surface area contributed by atoms with Gasteiger partial charge in [0.05, 0.1) is 0 Å². The monoisotopic (exact) mass is 414 g/mol. The van der Waals surface area contributed by atoms with Gasteiger partial charge < -0.3 is 0 Å². The van der Waals surface area contributed by atoms with E-state index in [2.05, 4.69) is 29.4 Å². The van der Waals surface area contributed by atoms with Crippen molar-refractivity contribution < 1.29 is 9.18 Å². The van der Waals surface area contributed by atoms with Crippen LogP contribution in [0.15, 0.2) is 66.9 Å². The Labute approximate surface area is 158 Å². The molecule has 0 aliphatic rings. The fourth-order valence-electron chi connectivity index (χ4n) is 2.61. The normalized spacial score (nSPS) is 10.5. The van der Waals surface area contributed by atoms with E-state index in [0.717, 1.165) is 10.9 Å². The van der Waals surface area contributed by atoms with Crippen molar-refractivity contribution in [3.05, 3.63) is 89.5 Å². The predicted molar refractivity (Wildman–Crippen MR) is 103 cm³/mol. The molecule has 0 saturated heterocycles. The van der Waals surface area contributed by atoms with Crippen LogP contribution in [0.1, 0.15) is 21.6 Å². The van der Waals surface area contributed by atoms with Gasteiger partial charge in [-0.25, -0.2) is 0 Å². The van der Waals surface area contributed by atoms with Gasteiger partial charge in [0.15, 0.2) is 0 Å². The third-order valence-corrected chi connectivity index (χ3v) is 6.30. The summed E-state index contributed by atoms with van der Waals surface area (Å²) in [5, 5.41) is 2.93. The first kappa shape index (κ1) is 18.3. The van der Waals surface area contributed by atoms with Crippen LogP contribution in [0, 0.1) is 12.7 Å². The molecule has 132 valence electrons. The average molecular weight is 413 g/mol. The fourth-order valence-corrected chi connectivity index (χ4v) is 4.83. The van der Waals surface area contributed by atoms with Crippen LogP contribution in [0.25, 0.3) is 0 Å². The number of hydrogen-bond acceptors (Lipinski definition) is 2. The van der Waals surface area contributed by atoms with E-state index in [9.17, 15) is 9.18 Å². The number of carbonyl (C=O) groups excluding carboxylic acids is 1. The molecule has 1 heterocycles. The number of nitrogens with one attached hydrogen (secondary N) is 1. The van der Waals surface area contributed by atoms with Gasteiger partial charge in [-0.2, -0.15) is 0 Å². The number of rotatable bonds is 6. The zero-order valence-corrected chi connectivity index (χ0v) is 16.1. The molecule has 5 heteroatoms. The Balaban J connectivity index is 1.67. The molecule has 2 aromatic carbocycles. The van der Waals surface area contributed by atoms with Crippen molar-refractivity contribution in [1.82, 2.24) is 10.3 Å². The van der Waals surface area contributed by atoms with Gasteiger partial charge in [0.1, 0.15) is 0 Å². The zero-order chi connectivity index (χ0) is 18.4. The quantitative estimate of drug-likeness (QED) is 0.630. The zero-order valence-electron chi connectivity index (χ0n) is 14.4. The summed E-state index contributed by atoms with van der Waals surface area (Å²) in [5.74, 6) is -0.379. The molecule has 0 unspecified atom stereocenters. The van der Waals surface area contributed by atoms with Gasteiger partial charge in [0, 0.05) is 0 Å². The number of amides is 1. The first-order valence-electron chi connectivity index (χ1n) is 8.34. The van der Waals surface area contributed by atoms with Crippen LogP contribution >= 0.6 is 0 Å². The minimum atomic E-state index is -0.216. The number of halogens is 1. The topological polar surface area (TPSA) is 42.0 Å². The average Bonchev–Trinajstić information content (AvgIpc) is 2.66. The maximum atomic E-state index is 13.1. The van der Waals surface area contributed by atoms with Crippen molar-refractivity contribution in [2.24, 2.45) is 0 Å². The minimum absolute atomic E-state index is 0.0973. The Morgan fingerprint density at radius 3 is 2.62 bits per heavy atom. The van der Waals surface area contributed by atoms with Crippen LogP contribution in [0.5, 0.6) is 0 Å². The molecular weight excluding hydrogens is 394 g/mol. The van der Waals surface area contributed by atoms with Crippen LogP contribution in [0.3, 0.4) is 0 Å². The first-order chi connectivity index (χ1) is 12.6. The molecule has 0 aliphatic heterocycles. The summed E-state index contributed by atoms with van der Waals surface area (Å²) < 4.78 is 15.5. The van der Waals surface area contributed by atoms with E-state index < -0.39 is 0 Å². The van der Waals surface area contributed by atoms with E-state index in [1.54, 1.807) is 24.4 Å². The van der Waals surface area contributed by atoms with Crippen molar-refractivity contribution in [3.63, 3.8) is 0 Å². The third-order valence-electron chi connectivity index (χ3n) is 3.97.